The van der Waals surface area contributed by atoms with E-state index >= 15 is 0 Å². The number of carbonyl (C=O) groups excluding carboxylic acids is 2. The van der Waals surface area contributed by atoms with Crippen LogP contribution >= 0.6 is 23.2 Å². The van der Waals surface area contributed by atoms with Crippen molar-refractivity contribution in [2.24, 2.45) is 0 Å². The number of benzene rings is 2. The molecular formula is C21H15Cl2NO4. The molecule has 3 rings (SSSR count). The minimum atomic E-state index is -1.16. The summed E-state index contributed by atoms with van der Waals surface area (Å²) in [5.74, 6) is -0.736. The summed E-state index contributed by atoms with van der Waals surface area (Å²) in [6.07, 6.45) is 2.98. The maximum absolute atomic E-state index is 12.8. The number of anilines is 1. The third kappa shape index (κ3) is 5.49. The van der Waals surface area contributed by atoms with E-state index in [-0.39, 0.29) is 0 Å². The molecule has 1 aromatic heterocycles. The summed E-state index contributed by atoms with van der Waals surface area (Å²) in [6, 6.07) is 16.7. The highest BCUT2D eigenvalue weighted by Gasteiger charge is 2.24. The van der Waals surface area contributed by atoms with Crippen LogP contribution in [0.25, 0.3) is 6.08 Å². The molecule has 2 aromatic carbocycles. The maximum atomic E-state index is 12.8. The van der Waals surface area contributed by atoms with Crippen molar-refractivity contribution in [3.63, 3.8) is 0 Å². The Morgan fingerprint density at radius 3 is 2.36 bits per heavy atom. The molecule has 0 saturated carbocycles. The molecule has 1 atom stereocenters. The van der Waals surface area contributed by atoms with E-state index in [1.165, 1.54) is 18.4 Å². The number of nitrogens with one attached hydrogen (secondary N) is 1. The van der Waals surface area contributed by atoms with E-state index < -0.39 is 18.0 Å². The molecule has 0 fully saturated rings. The molecule has 0 bridgehead atoms. The van der Waals surface area contributed by atoms with E-state index in [1.807, 2.05) is 0 Å². The zero-order valence-electron chi connectivity index (χ0n) is 14.5. The van der Waals surface area contributed by atoms with Crippen molar-refractivity contribution in [3.8, 4) is 0 Å². The Hall–Kier alpha value is -3.02. The average molecular weight is 416 g/mol. The first-order valence-corrected chi connectivity index (χ1v) is 9.01. The van der Waals surface area contributed by atoms with Crippen LogP contribution in [0.5, 0.6) is 0 Å². The number of furan rings is 1. The van der Waals surface area contributed by atoms with Gasteiger partial charge in [0, 0.05) is 27.4 Å². The maximum Gasteiger partial charge on any atom is 0.332 e. The zero-order chi connectivity index (χ0) is 19.9. The lowest BCUT2D eigenvalue weighted by Gasteiger charge is -2.17. The fourth-order valence-electron chi connectivity index (χ4n) is 2.43. The van der Waals surface area contributed by atoms with Gasteiger partial charge in [-0.15, -0.1) is 0 Å². The third-order valence-electron chi connectivity index (χ3n) is 3.63. The number of carbonyl (C=O) groups is 2. The van der Waals surface area contributed by atoms with E-state index in [0.29, 0.717) is 27.1 Å². The van der Waals surface area contributed by atoms with Crippen molar-refractivity contribution >= 4 is 46.8 Å². The van der Waals surface area contributed by atoms with E-state index in [2.05, 4.69) is 5.32 Å². The molecule has 7 heteroatoms. The molecule has 0 aliphatic heterocycles. The van der Waals surface area contributed by atoms with E-state index in [1.54, 1.807) is 60.7 Å². The molecule has 1 N–H and O–H groups in total. The highest BCUT2D eigenvalue weighted by atomic mass is 35.5. The minimum absolute atomic E-state index is 0.373. The molecule has 0 aliphatic carbocycles. The number of hydrogen-bond donors (Lipinski definition) is 1. The second-order valence-corrected chi connectivity index (χ2v) is 6.60. The van der Waals surface area contributed by atoms with Crippen LogP contribution in [0.15, 0.2) is 77.4 Å². The summed E-state index contributed by atoms with van der Waals surface area (Å²) in [6.45, 7) is 0. The number of amides is 1. The van der Waals surface area contributed by atoms with E-state index in [0.717, 1.165) is 0 Å². The summed E-state index contributed by atoms with van der Waals surface area (Å²) in [4.78, 5) is 25.0. The predicted octanol–water partition coefficient (Wildman–Crippen LogP) is 5.52. The first-order chi connectivity index (χ1) is 13.5. The molecular weight excluding hydrogens is 401 g/mol. The van der Waals surface area contributed by atoms with Gasteiger partial charge >= 0.3 is 5.97 Å². The second-order valence-electron chi connectivity index (χ2n) is 5.72. The first-order valence-electron chi connectivity index (χ1n) is 8.25. The van der Waals surface area contributed by atoms with Gasteiger partial charge in [-0.2, -0.15) is 0 Å². The van der Waals surface area contributed by atoms with Gasteiger partial charge in [0.15, 0.2) is 0 Å². The van der Waals surface area contributed by atoms with E-state index in [9.17, 15) is 9.59 Å². The van der Waals surface area contributed by atoms with Crippen molar-refractivity contribution in [3.05, 3.63) is 94.4 Å². The monoisotopic (exact) mass is 415 g/mol. The topological polar surface area (TPSA) is 68.5 Å². The summed E-state index contributed by atoms with van der Waals surface area (Å²) in [7, 11) is 0. The Balaban J connectivity index is 1.78. The van der Waals surface area contributed by atoms with Crippen LogP contribution in [0, 0.1) is 0 Å². The summed E-state index contributed by atoms with van der Waals surface area (Å²) in [5.41, 5.74) is 0.915. The van der Waals surface area contributed by atoms with Gasteiger partial charge in [0.25, 0.3) is 5.91 Å². The number of ether oxygens (including phenoxy) is 1. The molecule has 28 heavy (non-hydrogen) atoms. The first kappa shape index (κ1) is 19.7. The molecule has 0 spiro atoms. The van der Waals surface area contributed by atoms with Gasteiger partial charge in [-0.25, -0.2) is 4.79 Å². The van der Waals surface area contributed by atoms with Crippen LogP contribution in [0.4, 0.5) is 5.69 Å². The number of hydrogen-bond acceptors (Lipinski definition) is 4. The van der Waals surface area contributed by atoms with Gasteiger partial charge in [0.05, 0.1) is 6.26 Å². The van der Waals surface area contributed by atoms with Gasteiger partial charge in [-0.3, -0.25) is 4.79 Å². The molecule has 0 unspecified atom stereocenters. The molecule has 142 valence electrons. The Kier molecular flexibility index (Phi) is 6.53. The standard InChI is InChI=1S/C21H15Cl2NO4/c22-15-11-16(23)13-17(12-15)24-21(26)20(14-5-2-1-3-6-14)28-19(25)9-8-18-7-4-10-27-18/h1-13,20H,(H,24,26)/b9-8+/t20-/m0/s1. The lowest BCUT2D eigenvalue weighted by molar-refractivity contribution is -0.149. The average Bonchev–Trinajstić information content (AvgIpc) is 3.18. The van der Waals surface area contributed by atoms with Crippen LogP contribution in [0.3, 0.4) is 0 Å². The van der Waals surface area contributed by atoms with E-state index in [4.69, 9.17) is 32.4 Å². The third-order valence-corrected chi connectivity index (χ3v) is 4.07. The Morgan fingerprint density at radius 1 is 1.00 bits per heavy atom. The fourth-order valence-corrected chi connectivity index (χ4v) is 2.95. The minimum Gasteiger partial charge on any atom is -0.465 e. The van der Waals surface area contributed by atoms with Crippen molar-refractivity contribution in [1.29, 1.82) is 0 Å². The van der Waals surface area contributed by atoms with Gasteiger partial charge < -0.3 is 14.5 Å². The van der Waals surface area contributed by atoms with Crippen LogP contribution in [-0.4, -0.2) is 11.9 Å². The van der Waals surface area contributed by atoms with Gasteiger partial charge in [-0.05, 0) is 36.4 Å². The number of rotatable bonds is 6. The molecule has 5 nitrogen and oxygen atoms in total. The fraction of sp³-hybridized carbons (Fsp3) is 0.0476. The van der Waals surface area contributed by atoms with Gasteiger partial charge in [-0.1, -0.05) is 53.5 Å². The SMILES string of the molecule is O=C(/C=C/c1ccco1)O[C@H](C(=O)Nc1cc(Cl)cc(Cl)c1)c1ccccc1. The molecule has 0 saturated heterocycles. The van der Waals surface area contributed by atoms with Gasteiger partial charge in [0.2, 0.25) is 6.10 Å². The van der Waals surface area contributed by atoms with Crippen molar-refractivity contribution in [2.45, 2.75) is 6.10 Å². The van der Waals surface area contributed by atoms with Crippen molar-refractivity contribution < 1.29 is 18.7 Å². The predicted molar refractivity (Wildman–Crippen MR) is 108 cm³/mol. The highest BCUT2D eigenvalue weighted by molar-refractivity contribution is 6.35. The van der Waals surface area contributed by atoms with Crippen molar-refractivity contribution in [2.75, 3.05) is 5.32 Å². The Morgan fingerprint density at radius 2 is 1.71 bits per heavy atom. The quantitative estimate of drug-likeness (QED) is 0.424. The zero-order valence-corrected chi connectivity index (χ0v) is 16.0. The number of halogens is 2. The Labute approximate surface area is 171 Å². The smallest absolute Gasteiger partial charge is 0.332 e. The molecule has 0 radical (unpaired) electrons. The normalized spacial score (nSPS) is 11.9. The summed E-state index contributed by atoms with van der Waals surface area (Å²) in [5, 5.41) is 3.41. The molecule has 3 aromatic rings. The molecule has 0 aliphatic rings. The lowest BCUT2D eigenvalue weighted by Crippen LogP contribution is -2.25. The van der Waals surface area contributed by atoms with Crippen LogP contribution in [0.2, 0.25) is 10.0 Å². The van der Waals surface area contributed by atoms with Crippen LogP contribution in [-0.2, 0) is 14.3 Å². The summed E-state index contributed by atoms with van der Waals surface area (Å²) < 4.78 is 10.5. The van der Waals surface area contributed by atoms with Crippen LogP contribution in [0.1, 0.15) is 17.4 Å². The van der Waals surface area contributed by atoms with Gasteiger partial charge in [0.1, 0.15) is 5.76 Å². The van der Waals surface area contributed by atoms with Crippen molar-refractivity contribution in [1.82, 2.24) is 0 Å². The molecule has 1 amide bonds. The molecule has 1 heterocycles. The Bertz CT molecular complexity index is 965. The number of esters is 1. The summed E-state index contributed by atoms with van der Waals surface area (Å²) >= 11 is 11.9. The highest BCUT2D eigenvalue weighted by Crippen LogP contribution is 2.25. The second kappa shape index (κ2) is 9.26. The lowest BCUT2D eigenvalue weighted by atomic mass is 10.1. The van der Waals surface area contributed by atoms with Crippen LogP contribution < -0.4 is 5.32 Å². The largest absolute Gasteiger partial charge is 0.465 e.